The van der Waals surface area contributed by atoms with Gasteiger partial charge in [-0.25, -0.2) is 4.98 Å². The molecule has 0 saturated heterocycles. The van der Waals surface area contributed by atoms with Crippen molar-refractivity contribution in [2.75, 3.05) is 0 Å². The second-order valence-electron chi connectivity index (χ2n) is 4.74. The normalized spacial score (nSPS) is 12.4. The molecule has 2 nitrogen and oxygen atoms in total. The number of benzene rings is 2. The summed E-state index contributed by atoms with van der Waals surface area (Å²) in [6, 6.07) is 17.9. The maximum atomic E-state index is 12.5. The van der Waals surface area contributed by atoms with E-state index < -0.39 is 10.8 Å². The Kier molecular flexibility index (Phi) is 3.61. The molecule has 100 valence electrons. The molecule has 2 aromatic carbocycles. The van der Waals surface area contributed by atoms with Gasteiger partial charge in [0, 0.05) is 6.20 Å². The summed E-state index contributed by atoms with van der Waals surface area (Å²) in [5, 5.41) is 3.00. The highest BCUT2D eigenvalue weighted by atomic mass is 32.2. The molecule has 20 heavy (non-hydrogen) atoms. The first-order valence-corrected chi connectivity index (χ1v) is 7.84. The summed E-state index contributed by atoms with van der Waals surface area (Å²) in [4.78, 5) is 4.18. The van der Waals surface area contributed by atoms with E-state index in [1.807, 2.05) is 30.3 Å². The summed E-state index contributed by atoms with van der Waals surface area (Å²) >= 11 is 0. The van der Waals surface area contributed by atoms with Crippen LogP contribution in [0.25, 0.3) is 10.8 Å². The molecular weight excluding hydrogens is 266 g/mol. The van der Waals surface area contributed by atoms with Gasteiger partial charge in [-0.3, -0.25) is 4.21 Å². The quantitative estimate of drug-likeness (QED) is 0.730. The lowest BCUT2D eigenvalue weighted by Crippen LogP contribution is -2.01. The maximum absolute atomic E-state index is 12.5. The molecule has 0 amide bonds. The van der Waals surface area contributed by atoms with Crippen molar-refractivity contribution in [2.24, 2.45) is 0 Å². The van der Waals surface area contributed by atoms with E-state index in [0.717, 1.165) is 5.56 Å². The van der Waals surface area contributed by atoms with Gasteiger partial charge < -0.3 is 0 Å². The highest BCUT2D eigenvalue weighted by Crippen LogP contribution is 2.24. The van der Waals surface area contributed by atoms with Crippen molar-refractivity contribution in [2.45, 2.75) is 17.7 Å². The Labute approximate surface area is 120 Å². The fraction of sp³-hybridized carbons (Fsp3) is 0.118. The molecule has 1 aromatic heterocycles. The van der Waals surface area contributed by atoms with Crippen molar-refractivity contribution >= 4 is 21.6 Å². The number of hydrogen-bond donors (Lipinski definition) is 0. The molecule has 0 spiro atoms. The maximum Gasteiger partial charge on any atom is 0.127 e. The van der Waals surface area contributed by atoms with Gasteiger partial charge >= 0.3 is 0 Å². The summed E-state index contributed by atoms with van der Waals surface area (Å²) < 4.78 is 12.5. The average Bonchev–Trinajstić information content (AvgIpc) is 2.51. The molecule has 0 aliphatic carbocycles. The third kappa shape index (κ3) is 2.49. The average molecular weight is 281 g/mol. The molecule has 0 aliphatic rings. The van der Waals surface area contributed by atoms with E-state index >= 15 is 0 Å². The van der Waals surface area contributed by atoms with Gasteiger partial charge in [0.15, 0.2) is 0 Å². The number of fused-ring (bicyclic) bond motifs is 1. The summed E-state index contributed by atoms with van der Waals surface area (Å²) in [6.45, 7) is 2.07. The molecule has 1 atom stereocenters. The van der Waals surface area contributed by atoms with Crippen molar-refractivity contribution in [3.05, 3.63) is 71.9 Å². The van der Waals surface area contributed by atoms with E-state index in [1.54, 1.807) is 6.20 Å². The molecule has 1 heterocycles. The lowest BCUT2D eigenvalue weighted by Gasteiger charge is -2.10. The number of rotatable bonds is 3. The van der Waals surface area contributed by atoms with E-state index in [1.165, 1.54) is 16.3 Å². The predicted octanol–water partition coefficient (Wildman–Crippen LogP) is 3.85. The first-order valence-electron chi connectivity index (χ1n) is 6.52. The summed E-state index contributed by atoms with van der Waals surface area (Å²) in [5.41, 5.74) is 2.32. The van der Waals surface area contributed by atoms with Gasteiger partial charge in [-0.15, -0.1) is 0 Å². The Hall–Kier alpha value is -2.00. The Morgan fingerprint density at radius 1 is 1.00 bits per heavy atom. The number of aryl methyl sites for hydroxylation is 1. The van der Waals surface area contributed by atoms with Gasteiger partial charge in [0.05, 0.1) is 16.6 Å². The Bertz CT molecular complexity index is 768. The molecule has 3 heteroatoms. The summed E-state index contributed by atoms with van der Waals surface area (Å²) in [7, 11) is -1.11. The van der Waals surface area contributed by atoms with Crippen LogP contribution in [0, 0.1) is 6.92 Å². The summed E-state index contributed by atoms with van der Waals surface area (Å²) in [5.74, 6) is 0.504. The fourth-order valence-electron chi connectivity index (χ4n) is 2.32. The second kappa shape index (κ2) is 5.55. The molecular formula is C17H15NOS. The van der Waals surface area contributed by atoms with E-state index in [-0.39, 0.29) is 0 Å². The van der Waals surface area contributed by atoms with Crippen LogP contribution in [0.2, 0.25) is 0 Å². The molecule has 0 bridgehead atoms. The zero-order valence-electron chi connectivity index (χ0n) is 11.2. The molecule has 0 radical (unpaired) electrons. The molecule has 0 fully saturated rings. The van der Waals surface area contributed by atoms with E-state index in [9.17, 15) is 4.21 Å². The number of aromatic nitrogens is 1. The molecule has 3 aromatic rings. The van der Waals surface area contributed by atoms with Crippen LogP contribution in [0.15, 0.2) is 65.8 Å². The highest BCUT2D eigenvalue weighted by molar-refractivity contribution is 7.84. The molecule has 0 saturated carbocycles. The van der Waals surface area contributed by atoms with E-state index in [2.05, 4.69) is 36.2 Å². The van der Waals surface area contributed by atoms with Crippen LogP contribution >= 0.6 is 0 Å². The van der Waals surface area contributed by atoms with Crippen molar-refractivity contribution in [1.29, 1.82) is 0 Å². The first kappa shape index (κ1) is 13.0. The zero-order chi connectivity index (χ0) is 13.9. The van der Waals surface area contributed by atoms with Crippen LogP contribution in [0.5, 0.6) is 0 Å². The Morgan fingerprint density at radius 3 is 2.60 bits per heavy atom. The van der Waals surface area contributed by atoms with Crippen molar-refractivity contribution in [1.82, 2.24) is 4.98 Å². The third-order valence-electron chi connectivity index (χ3n) is 3.42. The van der Waals surface area contributed by atoms with Gasteiger partial charge in [0.1, 0.15) is 5.03 Å². The largest absolute Gasteiger partial charge is 0.252 e. The van der Waals surface area contributed by atoms with Crippen LogP contribution in [-0.4, -0.2) is 9.19 Å². The number of pyridine rings is 1. The van der Waals surface area contributed by atoms with Crippen molar-refractivity contribution in [3.8, 4) is 0 Å². The molecule has 1 unspecified atom stereocenters. The van der Waals surface area contributed by atoms with Crippen molar-refractivity contribution < 1.29 is 4.21 Å². The molecule has 3 rings (SSSR count). The lowest BCUT2D eigenvalue weighted by molar-refractivity contribution is 0.680. The SMILES string of the molecule is Cc1ccc2ccccc2c1CS(=O)c1ccccn1. The minimum Gasteiger partial charge on any atom is -0.252 e. The first-order chi connectivity index (χ1) is 9.75. The monoisotopic (exact) mass is 281 g/mol. The smallest absolute Gasteiger partial charge is 0.127 e. The predicted molar refractivity (Wildman–Crippen MR) is 83.0 cm³/mol. The van der Waals surface area contributed by atoms with E-state index in [4.69, 9.17) is 0 Å². The van der Waals surface area contributed by atoms with Gasteiger partial charge in [0.25, 0.3) is 0 Å². The number of hydrogen-bond acceptors (Lipinski definition) is 2. The standard InChI is InChI=1S/C17H15NOS/c1-13-9-10-14-6-2-3-7-15(14)16(13)12-20(19)17-8-4-5-11-18-17/h2-11H,12H2,1H3. The minimum atomic E-state index is -1.11. The highest BCUT2D eigenvalue weighted by Gasteiger charge is 2.11. The number of nitrogens with zero attached hydrogens (tertiary/aromatic N) is 1. The lowest BCUT2D eigenvalue weighted by atomic mass is 10.0. The third-order valence-corrected chi connectivity index (χ3v) is 4.68. The van der Waals surface area contributed by atoms with Gasteiger partial charge in [-0.1, -0.05) is 42.5 Å². The second-order valence-corrected chi connectivity index (χ2v) is 6.14. The molecule has 0 N–H and O–H groups in total. The zero-order valence-corrected chi connectivity index (χ0v) is 12.1. The topological polar surface area (TPSA) is 30.0 Å². The van der Waals surface area contributed by atoms with Crippen LogP contribution in [0.1, 0.15) is 11.1 Å². The van der Waals surface area contributed by atoms with Crippen LogP contribution in [0.4, 0.5) is 0 Å². The fourth-order valence-corrected chi connectivity index (χ4v) is 3.53. The van der Waals surface area contributed by atoms with Crippen LogP contribution < -0.4 is 0 Å². The van der Waals surface area contributed by atoms with Crippen molar-refractivity contribution in [3.63, 3.8) is 0 Å². The molecule has 0 aliphatic heterocycles. The van der Waals surface area contributed by atoms with Crippen LogP contribution in [-0.2, 0) is 16.6 Å². The Morgan fingerprint density at radius 2 is 1.80 bits per heavy atom. The minimum absolute atomic E-state index is 0.504. The van der Waals surface area contributed by atoms with Crippen LogP contribution in [0.3, 0.4) is 0 Å². The summed E-state index contributed by atoms with van der Waals surface area (Å²) in [6.07, 6.45) is 1.68. The van der Waals surface area contributed by atoms with Gasteiger partial charge in [-0.05, 0) is 41.0 Å². The van der Waals surface area contributed by atoms with Gasteiger partial charge in [-0.2, -0.15) is 0 Å². The Balaban J connectivity index is 2.03. The van der Waals surface area contributed by atoms with E-state index in [0.29, 0.717) is 10.8 Å². The van der Waals surface area contributed by atoms with Gasteiger partial charge in [0.2, 0.25) is 0 Å².